The normalized spacial score (nSPS) is 21.8. The molecule has 0 bridgehead atoms. The van der Waals surface area contributed by atoms with Gasteiger partial charge in [-0.1, -0.05) is 53.6 Å². The molecular formula is C24H26ClN3O. The predicted octanol–water partition coefficient (Wildman–Crippen LogP) is 4.88. The van der Waals surface area contributed by atoms with Crippen molar-refractivity contribution in [3.05, 3.63) is 87.2 Å². The van der Waals surface area contributed by atoms with Crippen molar-refractivity contribution in [2.24, 2.45) is 5.73 Å². The molecule has 0 atom stereocenters. The van der Waals surface area contributed by atoms with Crippen LogP contribution >= 0.6 is 11.6 Å². The van der Waals surface area contributed by atoms with Crippen molar-refractivity contribution in [1.82, 2.24) is 9.78 Å². The minimum atomic E-state index is -0.0838. The summed E-state index contributed by atoms with van der Waals surface area (Å²) in [5, 5.41) is 5.45. The van der Waals surface area contributed by atoms with Crippen molar-refractivity contribution in [2.75, 3.05) is 6.54 Å². The maximum Gasteiger partial charge on any atom is 0.267 e. The molecule has 0 unspecified atom stereocenters. The molecular weight excluding hydrogens is 382 g/mol. The predicted molar refractivity (Wildman–Crippen MR) is 118 cm³/mol. The Hall–Kier alpha value is -2.43. The molecule has 2 N–H and O–H groups in total. The van der Waals surface area contributed by atoms with Crippen LogP contribution < -0.4 is 11.3 Å². The Balaban J connectivity index is 1.59. The summed E-state index contributed by atoms with van der Waals surface area (Å²) in [6.07, 6.45) is 3.57. The van der Waals surface area contributed by atoms with Gasteiger partial charge in [-0.05, 0) is 56.4 Å². The summed E-state index contributed by atoms with van der Waals surface area (Å²) < 4.78 is 1.67. The van der Waals surface area contributed by atoms with Gasteiger partial charge in [0, 0.05) is 28.6 Å². The van der Waals surface area contributed by atoms with Gasteiger partial charge >= 0.3 is 0 Å². The second-order valence-corrected chi connectivity index (χ2v) is 8.53. The third-order valence-corrected chi connectivity index (χ3v) is 6.49. The van der Waals surface area contributed by atoms with Gasteiger partial charge < -0.3 is 5.73 Å². The number of aromatic nitrogens is 2. The summed E-state index contributed by atoms with van der Waals surface area (Å²) in [6.45, 7) is 2.63. The van der Waals surface area contributed by atoms with E-state index in [-0.39, 0.29) is 17.0 Å². The molecule has 4 rings (SSSR count). The van der Waals surface area contributed by atoms with Crippen LogP contribution in [0.4, 0.5) is 0 Å². The molecule has 0 amide bonds. The fraction of sp³-hybridized carbons (Fsp3) is 0.333. The number of nitrogens with zero attached hydrogens (tertiary/aromatic N) is 2. The maximum absolute atomic E-state index is 12.6. The molecule has 1 heterocycles. The van der Waals surface area contributed by atoms with E-state index < -0.39 is 0 Å². The Kier molecular flexibility index (Phi) is 5.57. The second-order valence-electron chi connectivity index (χ2n) is 8.09. The molecule has 0 radical (unpaired) electrons. The van der Waals surface area contributed by atoms with E-state index >= 15 is 0 Å². The number of hydrogen-bond donors (Lipinski definition) is 1. The molecule has 5 heteroatoms. The number of halogens is 1. The highest BCUT2D eigenvalue weighted by Crippen LogP contribution is 2.42. The monoisotopic (exact) mass is 407 g/mol. The molecule has 1 saturated carbocycles. The number of hydrogen-bond acceptors (Lipinski definition) is 3. The first kappa shape index (κ1) is 19.9. The van der Waals surface area contributed by atoms with E-state index in [1.165, 1.54) is 11.1 Å². The van der Waals surface area contributed by atoms with Gasteiger partial charge in [0.2, 0.25) is 0 Å². The first-order valence-electron chi connectivity index (χ1n) is 10.1. The maximum atomic E-state index is 12.6. The molecule has 1 aromatic heterocycles. The highest BCUT2D eigenvalue weighted by molar-refractivity contribution is 6.30. The van der Waals surface area contributed by atoms with Gasteiger partial charge in [-0.15, -0.1) is 0 Å². The zero-order chi connectivity index (χ0) is 20.4. The minimum Gasteiger partial charge on any atom is -0.330 e. The van der Waals surface area contributed by atoms with Crippen molar-refractivity contribution < 1.29 is 0 Å². The molecule has 0 saturated heterocycles. The van der Waals surface area contributed by atoms with E-state index in [9.17, 15) is 4.79 Å². The average molecular weight is 408 g/mol. The van der Waals surface area contributed by atoms with E-state index in [1.807, 2.05) is 36.4 Å². The summed E-state index contributed by atoms with van der Waals surface area (Å²) >= 11 is 6.22. The number of aryl methyl sites for hydroxylation is 1. The zero-order valence-electron chi connectivity index (χ0n) is 16.6. The Labute approximate surface area is 176 Å². The van der Waals surface area contributed by atoms with Crippen molar-refractivity contribution in [3.63, 3.8) is 0 Å². The molecule has 0 spiro atoms. The molecule has 1 aliphatic carbocycles. The highest BCUT2D eigenvalue weighted by atomic mass is 35.5. The van der Waals surface area contributed by atoms with Crippen molar-refractivity contribution >= 4 is 11.6 Å². The van der Waals surface area contributed by atoms with Gasteiger partial charge in [0.25, 0.3) is 5.56 Å². The second kappa shape index (κ2) is 8.13. The molecule has 0 aliphatic heterocycles. The van der Waals surface area contributed by atoms with Crippen LogP contribution in [0, 0.1) is 6.92 Å². The van der Waals surface area contributed by atoms with Gasteiger partial charge in [0.15, 0.2) is 0 Å². The van der Waals surface area contributed by atoms with Gasteiger partial charge in [-0.2, -0.15) is 5.10 Å². The quantitative estimate of drug-likeness (QED) is 0.670. The standard InChI is InChI=1S/C24H26ClN3O/c1-17-5-7-18(8-6-17)22-9-10-23(29)28(27-22)21-11-13-24(16-26,14-12-21)19-3-2-4-20(25)15-19/h2-10,15,21H,11-14,16,26H2,1H3. The summed E-state index contributed by atoms with van der Waals surface area (Å²) in [5.41, 5.74) is 10.3. The number of nitrogens with two attached hydrogens (primary N) is 1. The van der Waals surface area contributed by atoms with E-state index in [0.717, 1.165) is 42.0 Å². The molecule has 1 fully saturated rings. The van der Waals surface area contributed by atoms with Crippen LogP contribution in [-0.4, -0.2) is 16.3 Å². The lowest BCUT2D eigenvalue weighted by Crippen LogP contribution is -2.41. The van der Waals surface area contributed by atoms with E-state index in [1.54, 1.807) is 10.7 Å². The van der Waals surface area contributed by atoms with Gasteiger partial charge in [-0.25, -0.2) is 4.68 Å². The fourth-order valence-electron chi connectivity index (χ4n) is 4.39. The Morgan fingerprint density at radius 3 is 2.48 bits per heavy atom. The van der Waals surface area contributed by atoms with Crippen LogP contribution in [-0.2, 0) is 5.41 Å². The third-order valence-electron chi connectivity index (χ3n) is 6.26. The van der Waals surface area contributed by atoms with Crippen LogP contribution in [0.25, 0.3) is 11.3 Å². The van der Waals surface area contributed by atoms with E-state index in [2.05, 4.69) is 25.1 Å². The van der Waals surface area contributed by atoms with Crippen molar-refractivity contribution in [1.29, 1.82) is 0 Å². The number of rotatable bonds is 4. The Bertz CT molecular complexity index is 1050. The first-order chi connectivity index (χ1) is 14.0. The van der Waals surface area contributed by atoms with Gasteiger partial charge in [-0.3, -0.25) is 4.79 Å². The average Bonchev–Trinajstić information content (AvgIpc) is 2.75. The molecule has 150 valence electrons. The van der Waals surface area contributed by atoms with Crippen LogP contribution in [0.15, 0.2) is 65.5 Å². The Morgan fingerprint density at radius 2 is 1.83 bits per heavy atom. The van der Waals surface area contributed by atoms with Crippen LogP contribution in [0.3, 0.4) is 0 Å². The third kappa shape index (κ3) is 4.00. The van der Waals surface area contributed by atoms with E-state index in [4.69, 9.17) is 22.4 Å². The highest BCUT2D eigenvalue weighted by Gasteiger charge is 2.37. The van der Waals surface area contributed by atoms with Crippen molar-refractivity contribution in [3.8, 4) is 11.3 Å². The Morgan fingerprint density at radius 1 is 1.10 bits per heavy atom. The fourth-order valence-corrected chi connectivity index (χ4v) is 4.58. The summed E-state index contributed by atoms with van der Waals surface area (Å²) in [5.74, 6) is 0. The lowest BCUT2D eigenvalue weighted by molar-refractivity contribution is 0.222. The first-order valence-corrected chi connectivity index (χ1v) is 10.5. The molecule has 4 nitrogen and oxygen atoms in total. The van der Waals surface area contributed by atoms with E-state index in [0.29, 0.717) is 6.54 Å². The SMILES string of the molecule is Cc1ccc(-c2ccc(=O)n(C3CCC(CN)(c4cccc(Cl)c4)CC3)n2)cc1. The molecule has 2 aromatic carbocycles. The smallest absolute Gasteiger partial charge is 0.267 e. The van der Waals surface area contributed by atoms with Crippen LogP contribution in [0.5, 0.6) is 0 Å². The van der Waals surface area contributed by atoms with Gasteiger partial charge in [0.1, 0.15) is 0 Å². The summed E-state index contributed by atoms with van der Waals surface area (Å²) in [4.78, 5) is 12.6. The summed E-state index contributed by atoms with van der Waals surface area (Å²) in [7, 11) is 0. The lowest BCUT2D eigenvalue weighted by Gasteiger charge is -2.40. The zero-order valence-corrected chi connectivity index (χ0v) is 17.4. The number of benzene rings is 2. The van der Waals surface area contributed by atoms with Crippen LogP contribution in [0.1, 0.15) is 42.9 Å². The van der Waals surface area contributed by atoms with Crippen LogP contribution in [0.2, 0.25) is 5.02 Å². The molecule has 1 aliphatic rings. The lowest BCUT2D eigenvalue weighted by atomic mass is 9.68. The molecule has 29 heavy (non-hydrogen) atoms. The van der Waals surface area contributed by atoms with Crippen molar-refractivity contribution in [2.45, 2.75) is 44.1 Å². The van der Waals surface area contributed by atoms with Gasteiger partial charge in [0.05, 0.1) is 11.7 Å². The topological polar surface area (TPSA) is 60.9 Å². The molecule has 3 aromatic rings. The largest absolute Gasteiger partial charge is 0.330 e. The minimum absolute atomic E-state index is 0.0473. The summed E-state index contributed by atoms with van der Waals surface area (Å²) in [6, 6.07) is 19.8.